The molecule has 2 aliphatic rings. The molecule has 0 fully saturated rings. The van der Waals surface area contributed by atoms with Gasteiger partial charge in [-0.25, -0.2) is 0 Å². The topological polar surface area (TPSA) is 105 Å². The Morgan fingerprint density at radius 2 is 1.97 bits per heavy atom. The van der Waals surface area contributed by atoms with Gasteiger partial charge in [-0.2, -0.15) is 8.42 Å². The van der Waals surface area contributed by atoms with Crippen LogP contribution in [0.25, 0.3) is 0 Å². The Labute approximate surface area is 189 Å². The number of fused-ring (bicyclic) bond motifs is 2. The van der Waals surface area contributed by atoms with Gasteiger partial charge in [-0.05, 0) is 45.8 Å². The van der Waals surface area contributed by atoms with Crippen molar-refractivity contribution >= 4 is 21.7 Å². The van der Waals surface area contributed by atoms with Crippen LogP contribution in [0.3, 0.4) is 0 Å². The van der Waals surface area contributed by atoms with Crippen LogP contribution >= 0.6 is 0 Å². The van der Waals surface area contributed by atoms with Crippen LogP contribution in [0.5, 0.6) is 11.5 Å². The van der Waals surface area contributed by atoms with E-state index in [1.165, 1.54) is 12.0 Å². The maximum absolute atomic E-state index is 13.6. The average Bonchev–Trinajstić information content (AvgIpc) is 2.79. The number of anilines is 1. The smallest absolute Gasteiger partial charge is 0.288 e. The molecule has 0 saturated carbocycles. The van der Waals surface area contributed by atoms with Crippen LogP contribution in [0, 0.1) is 0 Å². The Bertz CT molecular complexity index is 1100. The summed E-state index contributed by atoms with van der Waals surface area (Å²) in [5, 5.41) is 1.49. The highest BCUT2D eigenvalue weighted by Crippen LogP contribution is 2.40. The number of ether oxygens (including phenoxy) is 2. The molecule has 1 aromatic carbocycles. The minimum absolute atomic E-state index is 0.204. The molecule has 0 bridgehead atoms. The van der Waals surface area contributed by atoms with E-state index in [1.54, 1.807) is 24.3 Å². The van der Waals surface area contributed by atoms with E-state index in [1.807, 2.05) is 33.8 Å². The third kappa shape index (κ3) is 4.83. The van der Waals surface area contributed by atoms with E-state index < -0.39 is 27.1 Å². The fraction of sp³-hybridized carbons (Fsp3) is 0.435. The minimum atomic E-state index is -4.54. The van der Waals surface area contributed by atoms with Gasteiger partial charge in [0, 0.05) is 12.6 Å². The normalized spacial score (nSPS) is 21.6. The maximum atomic E-state index is 13.6. The number of allylic oxidation sites excluding steroid dienone is 2. The molecule has 2 atom stereocenters. The van der Waals surface area contributed by atoms with Crippen molar-refractivity contribution in [1.82, 2.24) is 4.90 Å². The highest BCUT2D eigenvalue weighted by molar-refractivity contribution is 7.86. The molecule has 2 aliphatic heterocycles. The second-order valence-corrected chi connectivity index (χ2v) is 10.5. The highest BCUT2D eigenvalue weighted by Gasteiger charge is 2.44. The molecule has 1 amide bonds. The molecule has 174 valence electrons. The quantitative estimate of drug-likeness (QED) is 0.507. The first-order chi connectivity index (χ1) is 14.9. The first kappa shape index (κ1) is 23.9. The molecule has 0 aliphatic carbocycles. The molecular formula is C23H30N2O6S. The number of benzene rings is 1. The summed E-state index contributed by atoms with van der Waals surface area (Å²) in [7, 11) is -3.07. The second-order valence-electron chi connectivity index (χ2n) is 8.95. The predicted molar refractivity (Wildman–Crippen MR) is 124 cm³/mol. The van der Waals surface area contributed by atoms with Crippen LogP contribution in [-0.2, 0) is 10.1 Å². The van der Waals surface area contributed by atoms with Crippen molar-refractivity contribution in [2.45, 2.75) is 51.1 Å². The molecule has 2 heterocycles. The summed E-state index contributed by atoms with van der Waals surface area (Å²) < 4.78 is 46.2. The SMILES string of the molecule is C=C/C=C\C1=C(C)C[C@H]2C(S(=O)(=O)O)Nc3cc(OC(C)(C)C)c(OC)cc3C(=O)N2C1. The molecule has 0 radical (unpaired) electrons. The summed E-state index contributed by atoms with van der Waals surface area (Å²) in [6.45, 7) is 11.4. The summed E-state index contributed by atoms with van der Waals surface area (Å²) in [5.41, 5.74) is 1.78. The Morgan fingerprint density at radius 3 is 2.53 bits per heavy atom. The van der Waals surface area contributed by atoms with Gasteiger partial charge in [-0.3, -0.25) is 9.35 Å². The fourth-order valence-corrected chi connectivity index (χ4v) is 4.88. The molecule has 32 heavy (non-hydrogen) atoms. The summed E-state index contributed by atoms with van der Waals surface area (Å²) in [4.78, 5) is 15.1. The van der Waals surface area contributed by atoms with Gasteiger partial charge in [0.25, 0.3) is 16.0 Å². The fourth-order valence-electron chi connectivity index (χ4n) is 3.97. The first-order valence-electron chi connectivity index (χ1n) is 10.3. The highest BCUT2D eigenvalue weighted by atomic mass is 32.2. The Morgan fingerprint density at radius 1 is 1.28 bits per heavy atom. The monoisotopic (exact) mass is 462 g/mol. The maximum Gasteiger partial charge on any atom is 0.288 e. The van der Waals surface area contributed by atoms with E-state index in [0.717, 1.165) is 11.1 Å². The molecule has 2 N–H and O–H groups in total. The van der Waals surface area contributed by atoms with Crippen LogP contribution in [-0.4, -0.2) is 54.4 Å². The van der Waals surface area contributed by atoms with Gasteiger partial charge in [0.05, 0.1) is 24.4 Å². The molecule has 8 nitrogen and oxygen atoms in total. The lowest BCUT2D eigenvalue weighted by Gasteiger charge is -2.38. The number of hydrogen-bond acceptors (Lipinski definition) is 6. The van der Waals surface area contributed by atoms with Gasteiger partial charge in [-0.15, -0.1) is 0 Å². The largest absolute Gasteiger partial charge is 0.493 e. The third-order valence-corrected chi connectivity index (χ3v) is 6.49. The van der Waals surface area contributed by atoms with Crippen LogP contribution in [0.1, 0.15) is 44.5 Å². The number of methoxy groups -OCH3 is 1. The van der Waals surface area contributed by atoms with Gasteiger partial charge in [-0.1, -0.05) is 30.4 Å². The summed E-state index contributed by atoms with van der Waals surface area (Å²) >= 11 is 0. The van der Waals surface area contributed by atoms with Crippen molar-refractivity contribution in [2.24, 2.45) is 0 Å². The lowest BCUT2D eigenvalue weighted by Crippen LogP contribution is -2.53. The van der Waals surface area contributed by atoms with Crippen molar-refractivity contribution in [3.05, 3.63) is 53.6 Å². The van der Waals surface area contributed by atoms with Crippen molar-refractivity contribution in [2.75, 3.05) is 19.0 Å². The zero-order valence-electron chi connectivity index (χ0n) is 19.0. The van der Waals surface area contributed by atoms with Gasteiger partial charge in [0.15, 0.2) is 16.9 Å². The van der Waals surface area contributed by atoms with Gasteiger partial charge in [0.2, 0.25) is 0 Å². The lowest BCUT2D eigenvalue weighted by molar-refractivity contribution is 0.0691. The zero-order chi connectivity index (χ0) is 23.8. The molecule has 0 saturated heterocycles. The summed E-state index contributed by atoms with van der Waals surface area (Å²) in [6, 6.07) is 2.30. The minimum Gasteiger partial charge on any atom is -0.493 e. The first-order valence-corrected chi connectivity index (χ1v) is 11.8. The van der Waals surface area contributed by atoms with Gasteiger partial charge < -0.3 is 19.7 Å². The van der Waals surface area contributed by atoms with Gasteiger partial charge in [0.1, 0.15) is 5.60 Å². The van der Waals surface area contributed by atoms with Crippen molar-refractivity contribution in [3.63, 3.8) is 0 Å². The third-order valence-electron chi connectivity index (χ3n) is 5.42. The van der Waals surface area contributed by atoms with Gasteiger partial charge >= 0.3 is 0 Å². The number of nitrogens with one attached hydrogen (secondary N) is 1. The van der Waals surface area contributed by atoms with Crippen LogP contribution in [0.15, 0.2) is 48.1 Å². The second kappa shape index (κ2) is 8.63. The van der Waals surface area contributed by atoms with E-state index in [0.29, 0.717) is 11.5 Å². The van der Waals surface area contributed by atoms with E-state index in [2.05, 4.69) is 11.9 Å². The Hall–Kier alpha value is -2.78. The molecule has 0 spiro atoms. The number of nitrogens with zero attached hydrogens (tertiary/aromatic N) is 1. The summed E-state index contributed by atoms with van der Waals surface area (Å²) in [5.74, 6) is 0.351. The summed E-state index contributed by atoms with van der Waals surface area (Å²) in [6.07, 6.45) is 5.55. The van der Waals surface area contributed by atoms with Crippen LogP contribution in [0.2, 0.25) is 0 Å². The number of amides is 1. The van der Waals surface area contributed by atoms with Crippen LogP contribution < -0.4 is 14.8 Å². The van der Waals surface area contributed by atoms with E-state index in [4.69, 9.17) is 9.47 Å². The molecule has 0 aromatic heterocycles. The standard InChI is InChI=1S/C23H30N2O6S/c1-7-8-9-15-13-25-18(10-14(15)2)21(32(27,28)29)24-17-12-20(31-23(3,4)5)19(30-6)11-16(17)22(25)26/h7-9,11-12,18,21,24H,1,10,13H2,2-6H3,(H,27,28,29)/b9-8-/t18-,21?/m0/s1. The number of hydrogen-bond donors (Lipinski definition) is 2. The van der Waals surface area contributed by atoms with Crippen LogP contribution in [0.4, 0.5) is 5.69 Å². The zero-order valence-corrected chi connectivity index (χ0v) is 19.8. The molecular weight excluding hydrogens is 432 g/mol. The predicted octanol–water partition coefficient (Wildman–Crippen LogP) is 3.79. The van der Waals surface area contributed by atoms with Crippen molar-refractivity contribution in [1.29, 1.82) is 0 Å². The Kier molecular flexibility index (Phi) is 6.44. The molecule has 3 rings (SSSR count). The van der Waals surface area contributed by atoms with E-state index in [9.17, 15) is 17.8 Å². The van der Waals surface area contributed by atoms with Crippen molar-refractivity contribution < 1.29 is 27.2 Å². The average molecular weight is 463 g/mol. The number of carbonyl (C=O) groups is 1. The lowest BCUT2D eigenvalue weighted by atomic mass is 9.94. The molecule has 1 aromatic rings. The number of rotatable bonds is 5. The van der Waals surface area contributed by atoms with Crippen molar-refractivity contribution in [3.8, 4) is 11.5 Å². The molecule has 1 unspecified atom stereocenters. The Balaban J connectivity index is 2.17. The molecule has 9 heteroatoms. The van der Waals surface area contributed by atoms with E-state index >= 15 is 0 Å². The van der Waals surface area contributed by atoms with E-state index in [-0.39, 0.29) is 30.1 Å². The number of carbonyl (C=O) groups excluding carboxylic acids is 1.